The van der Waals surface area contributed by atoms with E-state index in [1.165, 1.54) is 0 Å². The van der Waals surface area contributed by atoms with Crippen molar-refractivity contribution in [2.75, 3.05) is 0 Å². The lowest BCUT2D eigenvalue weighted by molar-refractivity contribution is -0.125. The molecule has 0 saturated carbocycles. The van der Waals surface area contributed by atoms with Crippen LogP contribution in [0.3, 0.4) is 0 Å². The Morgan fingerprint density at radius 3 is 2.67 bits per heavy atom. The van der Waals surface area contributed by atoms with Crippen molar-refractivity contribution in [1.82, 2.24) is 14.5 Å². The van der Waals surface area contributed by atoms with Gasteiger partial charge >= 0.3 is 0 Å². The molecule has 6 heteroatoms. The number of amides is 1. The molecule has 2 heterocycles. The van der Waals surface area contributed by atoms with E-state index in [9.17, 15) is 4.79 Å². The summed E-state index contributed by atoms with van der Waals surface area (Å²) in [6, 6.07) is 3.73. The van der Waals surface area contributed by atoms with E-state index < -0.39 is 11.4 Å². The summed E-state index contributed by atoms with van der Waals surface area (Å²) < 4.78 is 1.71. The van der Waals surface area contributed by atoms with Gasteiger partial charge in [-0.1, -0.05) is 0 Å². The first-order chi connectivity index (χ1) is 8.37. The maximum Gasteiger partial charge on any atom is 0.243 e. The van der Waals surface area contributed by atoms with E-state index in [-0.39, 0.29) is 5.88 Å². The fraction of sp³-hybridized carbons (Fsp3) is 0.417. The van der Waals surface area contributed by atoms with Crippen LogP contribution in [0.1, 0.15) is 25.4 Å². The predicted molar refractivity (Wildman–Crippen MR) is 70.3 cm³/mol. The normalized spacial score (nSPS) is 12.0. The van der Waals surface area contributed by atoms with Crippen LogP contribution >= 0.6 is 11.6 Å². The maximum absolute atomic E-state index is 11.6. The quantitative estimate of drug-likeness (QED) is 0.860. The molecule has 5 nitrogen and oxygen atoms in total. The minimum Gasteiger partial charge on any atom is -0.368 e. The SMILES string of the molecule is Cc1ccc2nc(CCl)n(C(C)(C)C(N)=O)c2n1. The number of alkyl halides is 1. The summed E-state index contributed by atoms with van der Waals surface area (Å²) in [5, 5.41) is 0. The van der Waals surface area contributed by atoms with Crippen LogP contribution in [0.2, 0.25) is 0 Å². The zero-order chi connectivity index (χ0) is 13.5. The number of halogens is 1. The predicted octanol–water partition coefficient (Wildman–Crippen LogP) is 1.70. The van der Waals surface area contributed by atoms with Crippen LogP contribution in [0.4, 0.5) is 0 Å². The van der Waals surface area contributed by atoms with E-state index in [4.69, 9.17) is 17.3 Å². The third-order valence-electron chi connectivity index (χ3n) is 2.99. The molecular formula is C12H15ClN4O. The smallest absolute Gasteiger partial charge is 0.243 e. The summed E-state index contributed by atoms with van der Waals surface area (Å²) in [6.45, 7) is 5.35. The van der Waals surface area contributed by atoms with Crippen molar-refractivity contribution in [3.63, 3.8) is 0 Å². The van der Waals surface area contributed by atoms with Crippen LogP contribution in [0.5, 0.6) is 0 Å². The Labute approximate surface area is 110 Å². The molecule has 0 aromatic carbocycles. The molecule has 1 amide bonds. The molecule has 0 fully saturated rings. The average Bonchev–Trinajstić information content (AvgIpc) is 2.66. The average molecular weight is 267 g/mol. The molecule has 0 aliphatic carbocycles. The topological polar surface area (TPSA) is 73.8 Å². The molecule has 2 aromatic rings. The summed E-state index contributed by atoms with van der Waals surface area (Å²) in [5.74, 6) is 0.344. The Hall–Kier alpha value is -1.62. The number of aryl methyl sites for hydroxylation is 1. The Kier molecular flexibility index (Phi) is 3.02. The number of hydrogen-bond donors (Lipinski definition) is 1. The van der Waals surface area contributed by atoms with Gasteiger partial charge in [0.15, 0.2) is 5.65 Å². The lowest BCUT2D eigenvalue weighted by atomic mass is 10.0. The lowest BCUT2D eigenvalue weighted by Crippen LogP contribution is -2.42. The Morgan fingerprint density at radius 2 is 2.11 bits per heavy atom. The lowest BCUT2D eigenvalue weighted by Gasteiger charge is -2.24. The van der Waals surface area contributed by atoms with E-state index in [0.29, 0.717) is 17.0 Å². The Bertz CT molecular complexity index is 618. The minimum absolute atomic E-state index is 0.201. The zero-order valence-corrected chi connectivity index (χ0v) is 11.3. The second kappa shape index (κ2) is 4.24. The van der Waals surface area contributed by atoms with E-state index in [1.807, 2.05) is 19.1 Å². The second-order valence-corrected chi connectivity index (χ2v) is 4.98. The van der Waals surface area contributed by atoms with Crippen molar-refractivity contribution in [3.8, 4) is 0 Å². The molecule has 2 aromatic heterocycles. The van der Waals surface area contributed by atoms with Gasteiger partial charge in [0.1, 0.15) is 16.9 Å². The first-order valence-corrected chi connectivity index (χ1v) is 6.12. The number of primary amides is 1. The van der Waals surface area contributed by atoms with Gasteiger partial charge in [-0.05, 0) is 32.9 Å². The molecule has 0 saturated heterocycles. The molecule has 0 aliphatic rings. The van der Waals surface area contributed by atoms with Crippen molar-refractivity contribution in [2.24, 2.45) is 5.73 Å². The molecule has 0 bridgehead atoms. The van der Waals surface area contributed by atoms with E-state index in [0.717, 1.165) is 5.69 Å². The summed E-state index contributed by atoms with van der Waals surface area (Å²) in [5.41, 5.74) is 6.74. The third-order valence-corrected chi connectivity index (χ3v) is 3.23. The number of pyridine rings is 1. The third kappa shape index (κ3) is 1.84. The second-order valence-electron chi connectivity index (χ2n) is 4.72. The molecular weight excluding hydrogens is 252 g/mol. The summed E-state index contributed by atoms with van der Waals surface area (Å²) in [4.78, 5) is 20.4. The maximum atomic E-state index is 11.6. The van der Waals surface area contributed by atoms with E-state index in [2.05, 4.69) is 9.97 Å². The van der Waals surface area contributed by atoms with Crippen LogP contribution in [0.25, 0.3) is 11.2 Å². The Morgan fingerprint density at radius 1 is 1.44 bits per heavy atom. The van der Waals surface area contributed by atoms with Gasteiger partial charge < -0.3 is 5.73 Å². The van der Waals surface area contributed by atoms with Crippen molar-refractivity contribution in [2.45, 2.75) is 32.2 Å². The van der Waals surface area contributed by atoms with Gasteiger partial charge in [0.05, 0.1) is 5.88 Å². The van der Waals surface area contributed by atoms with Gasteiger partial charge in [0, 0.05) is 5.69 Å². The molecule has 0 atom stereocenters. The number of nitrogens with zero attached hydrogens (tertiary/aromatic N) is 3. The molecule has 0 spiro atoms. The first-order valence-electron chi connectivity index (χ1n) is 5.59. The number of carbonyl (C=O) groups is 1. The number of nitrogens with two attached hydrogens (primary N) is 1. The fourth-order valence-corrected chi connectivity index (χ4v) is 2.07. The van der Waals surface area contributed by atoms with Gasteiger partial charge in [0.25, 0.3) is 0 Å². The highest BCUT2D eigenvalue weighted by atomic mass is 35.5. The monoisotopic (exact) mass is 266 g/mol. The van der Waals surface area contributed by atoms with E-state index in [1.54, 1.807) is 18.4 Å². The molecule has 96 valence electrons. The summed E-state index contributed by atoms with van der Waals surface area (Å²) >= 11 is 5.89. The van der Waals surface area contributed by atoms with Crippen molar-refractivity contribution < 1.29 is 4.79 Å². The van der Waals surface area contributed by atoms with Crippen LogP contribution < -0.4 is 5.73 Å². The molecule has 0 radical (unpaired) electrons. The standard InChI is InChI=1S/C12H15ClN4O/c1-7-4-5-8-10(15-7)17(9(6-13)16-8)12(2,3)11(14)18/h4-5H,6H2,1-3H3,(H2,14,18). The summed E-state index contributed by atoms with van der Waals surface area (Å²) in [6.07, 6.45) is 0. The minimum atomic E-state index is -0.917. The molecule has 18 heavy (non-hydrogen) atoms. The highest BCUT2D eigenvalue weighted by molar-refractivity contribution is 6.16. The van der Waals surface area contributed by atoms with Gasteiger partial charge in [-0.3, -0.25) is 9.36 Å². The highest BCUT2D eigenvalue weighted by Gasteiger charge is 2.32. The number of hydrogen-bond acceptors (Lipinski definition) is 3. The summed E-state index contributed by atoms with van der Waals surface area (Å²) in [7, 11) is 0. The number of fused-ring (bicyclic) bond motifs is 1. The van der Waals surface area contributed by atoms with Crippen LogP contribution in [0.15, 0.2) is 12.1 Å². The van der Waals surface area contributed by atoms with Crippen molar-refractivity contribution in [1.29, 1.82) is 0 Å². The fourth-order valence-electron chi connectivity index (χ4n) is 1.89. The van der Waals surface area contributed by atoms with Crippen molar-refractivity contribution in [3.05, 3.63) is 23.7 Å². The molecule has 0 aliphatic heterocycles. The van der Waals surface area contributed by atoms with E-state index >= 15 is 0 Å². The highest BCUT2D eigenvalue weighted by Crippen LogP contribution is 2.25. The van der Waals surface area contributed by atoms with Crippen molar-refractivity contribution >= 4 is 28.7 Å². The largest absolute Gasteiger partial charge is 0.368 e. The van der Waals surface area contributed by atoms with Gasteiger partial charge in [0.2, 0.25) is 5.91 Å². The van der Waals surface area contributed by atoms with Gasteiger partial charge in [-0.25, -0.2) is 9.97 Å². The number of rotatable bonds is 3. The van der Waals surface area contributed by atoms with Gasteiger partial charge in [-0.2, -0.15) is 0 Å². The molecule has 2 rings (SSSR count). The van der Waals surface area contributed by atoms with Crippen LogP contribution in [-0.4, -0.2) is 20.4 Å². The Balaban J connectivity index is 2.82. The first kappa shape index (κ1) is 12.8. The number of imidazole rings is 1. The molecule has 2 N–H and O–H groups in total. The number of aromatic nitrogens is 3. The molecule has 0 unspecified atom stereocenters. The zero-order valence-electron chi connectivity index (χ0n) is 10.6. The van der Waals surface area contributed by atoms with Crippen LogP contribution in [-0.2, 0) is 16.2 Å². The van der Waals surface area contributed by atoms with Crippen LogP contribution in [0, 0.1) is 6.92 Å². The number of carbonyl (C=O) groups excluding carboxylic acids is 1. The van der Waals surface area contributed by atoms with Gasteiger partial charge in [-0.15, -0.1) is 11.6 Å².